The van der Waals surface area contributed by atoms with E-state index in [-0.39, 0.29) is 22.8 Å². The largest absolute Gasteiger partial charge is 0.496 e. The number of aliphatic carboxylic acids is 1. The molecule has 0 aromatic heterocycles. The molecular weight excluding hydrogens is 557 g/mol. The first-order valence-electron chi connectivity index (χ1n) is 13.0. The number of rotatable bonds is 8. The summed E-state index contributed by atoms with van der Waals surface area (Å²) >= 11 is 0. The number of hydrogen-bond acceptors (Lipinski definition) is 5. The summed E-state index contributed by atoms with van der Waals surface area (Å²) in [5.41, 5.74) is -0.825. The van der Waals surface area contributed by atoms with Crippen LogP contribution in [0.25, 0.3) is 0 Å². The molecule has 2 N–H and O–H groups in total. The average Bonchev–Trinajstić information content (AvgIpc) is 3.29. The Kier molecular flexibility index (Phi) is 8.54. The second-order valence-electron chi connectivity index (χ2n) is 11.1. The van der Waals surface area contributed by atoms with Gasteiger partial charge in [0.2, 0.25) is 10.0 Å². The van der Waals surface area contributed by atoms with Crippen molar-refractivity contribution in [3.63, 3.8) is 0 Å². The van der Waals surface area contributed by atoms with E-state index in [1.807, 2.05) is 20.8 Å². The van der Waals surface area contributed by atoms with Crippen LogP contribution in [-0.2, 0) is 27.5 Å². The van der Waals surface area contributed by atoms with E-state index in [0.717, 1.165) is 16.4 Å². The van der Waals surface area contributed by atoms with Crippen LogP contribution in [0.5, 0.6) is 5.75 Å². The van der Waals surface area contributed by atoms with Crippen molar-refractivity contribution in [1.82, 2.24) is 9.62 Å². The maximum absolute atomic E-state index is 14.2. The van der Waals surface area contributed by atoms with E-state index in [1.54, 1.807) is 48.5 Å². The van der Waals surface area contributed by atoms with Crippen LogP contribution in [0.4, 0.5) is 13.2 Å². The van der Waals surface area contributed by atoms with Crippen LogP contribution < -0.4 is 10.1 Å². The molecule has 1 aliphatic heterocycles. The molecule has 3 aromatic rings. The molecule has 3 aromatic carbocycles. The van der Waals surface area contributed by atoms with Crippen LogP contribution >= 0.6 is 0 Å². The van der Waals surface area contributed by atoms with E-state index < -0.39 is 57.2 Å². The molecule has 0 bridgehead atoms. The number of carbonyl (C=O) groups is 1. The summed E-state index contributed by atoms with van der Waals surface area (Å²) in [5, 5.41) is 13.8. The Labute approximate surface area is 238 Å². The van der Waals surface area contributed by atoms with Gasteiger partial charge in [-0.2, -0.15) is 17.5 Å². The molecule has 4 rings (SSSR count). The zero-order valence-corrected chi connectivity index (χ0v) is 23.9. The molecule has 0 radical (unpaired) electrons. The van der Waals surface area contributed by atoms with Gasteiger partial charge in [-0.25, -0.2) is 8.42 Å². The highest BCUT2D eigenvalue weighted by Crippen LogP contribution is 2.50. The van der Waals surface area contributed by atoms with Crippen LogP contribution in [0.1, 0.15) is 43.5 Å². The van der Waals surface area contributed by atoms with E-state index in [0.29, 0.717) is 5.56 Å². The van der Waals surface area contributed by atoms with Gasteiger partial charge in [0.15, 0.2) is 0 Å². The summed E-state index contributed by atoms with van der Waals surface area (Å²) in [7, 11) is -2.99. The minimum atomic E-state index is -4.58. The second kappa shape index (κ2) is 11.5. The van der Waals surface area contributed by atoms with Gasteiger partial charge < -0.3 is 15.2 Å². The van der Waals surface area contributed by atoms with Crippen molar-refractivity contribution in [2.75, 3.05) is 7.11 Å². The maximum Gasteiger partial charge on any atom is 0.416 e. The first-order chi connectivity index (χ1) is 19.2. The zero-order valence-electron chi connectivity index (χ0n) is 23.1. The minimum Gasteiger partial charge on any atom is -0.496 e. The monoisotopic (exact) mass is 590 g/mol. The SMILES string of the molecule is COc1ccc(C(F)(F)F)cc1CN[C@H]1[C@H](C(C)(C)C)[C@@H](C(=O)O)N(S(=O)(=O)c2ccccc2)[C@H]1c1ccccc1. The van der Waals surface area contributed by atoms with Gasteiger partial charge in [0.25, 0.3) is 0 Å². The molecule has 1 aliphatic rings. The summed E-state index contributed by atoms with van der Waals surface area (Å²) in [6.07, 6.45) is -4.58. The number of hydrogen-bond donors (Lipinski definition) is 2. The predicted octanol–water partition coefficient (Wildman–Crippen LogP) is 5.73. The van der Waals surface area contributed by atoms with Crippen molar-refractivity contribution in [3.8, 4) is 5.75 Å². The highest BCUT2D eigenvalue weighted by Gasteiger charge is 2.60. The third kappa shape index (κ3) is 6.12. The van der Waals surface area contributed by atoms with Crippen molar-refractivity contribution in [1.29, 1.82) is 0 Å². The minimum absolute atomic E-state index is 0.0555. The molecule has 0 amide bonds. The highest BCUT2D eigenvalue weighted by atomic mass is 32.2. The fourth-order valence-electron chi connectivity index (χ4n) is 5.73. The third-order valence-corrected chi connectivity index (χ3v) is 9.34. The van der Waals surface area contributed by atoms with Crippen LogP contribution in [-0.4, -0.2) is 43.0 Å². The Balaban J connectivity index is 1.90. The van der Waals surface area contributed by atoms with E-state index in [9.17, 15) is 31.5 Å². The summed E-state index contributed by atoms with van der Waals surface area (Å²) in [5.74, 6) is -1.87. The van der Waals surface area contributed by atoms with Crippen molar-refractivity contribution < 1.29 is 36.2 Å². The van der Waals surface area contributed by atoms with Gasteiger partial charge in [0, 0.05) is 24.1 Å². The zero-order chi connectivity index (χ0) is 30.2. The number of nitrogens with zero attached hydrogens (tertiary/aromatic N) is 1. The highest BCUT2D eigenvalue weighted by molar-refractivity contribution is 7.89. The lowest BCUT2D eigenvalue weighted by Crippen LogP contribution is -2.48. The smallest absolute Gasteiger partial charge is 0.416 e. The summed E-state index contributed by atoms with van der Waals surface area (Å²) in [6.45, 7) is 5.36. The Morgan fingerprint density at radius 1 is 0.976 bits per heavy atom. The third-order valence-electron chi connectivity index (χ3n) is 7.46. The van der Waals surface area contributed by atoms with Crippen LogP contribution in [0, 0.1) is 11.3 Å². The van der Waals surface area contributed by atoms with Crippen molar-refractivity contribution in [3.05, 3.63) is 95.6 Å². The number of carboxylic acids is 1. The van der Waals surface area contributed by atoms with Gasteiger partial charge in [-0.05, 0) is 41.3 Å². The molecule has 0 unspecified atom stereocenters. The predicted molar refractivity (Wildman–Crippen MR) is 148 cm³/mol. The Morgan fingerprint density at radius 2 is 1.56 bits per heavy atom. The molecule has 0 spiro atoms. The average molecular weight is 591 g/mol. The summed E-state index contributed by atoms with van der Waals surface area (Å²) in [4.78, 5) is 12.9. The maximum atomic E-state index is 14.2. The Hall–Kier alpha value is -3.41. The summed E-state index contributed by atoms with van der Waals surface area (Å²) < 4.78 is 75.3. The van der Waals surface area contributed by atoms with E-state index in [2.05, 4.69) is 5.32 Å². The van der Waals surface area contributed by atoms with Crippen LogP contribution in [0.15, 0.2) is 83.8 Å². The number of carboxylic acid groups (broad SMARTS) is 1. The lowest BCUT2D eigenvalue weighted by molar-refractivity contribution is -0.143. The van der Waals surface area contributed by atoms with Gasteiger partial charge in [-0.3, -0.25) is 4.79 Å². The van der Waals surface area contributed by atoms with Crippen molar-refractivity contribution in [2.24, 2.45) is 11.3 Å². The number of sulfonamides is 1. The first kappa shape index (κ1) is 30.5. The molecule has 7 nitrogen and oxygen atoms in total. The molecule has 220 valence electrons. The van der Waals surface area contributed by atoms with Gasteiger partial charge in [-0.15, -0.1) is 0 Å². The number of methoxy groups -OCH3 is 1. The number of benzene rings is 3. The fourth-order valence-corrected chi connectivity index (χ4v) is 7.55. The van der Waals surface area contributed by atoms with E-state index in [4.69, 9.17) is 4.74 Å². The molecule has 1 saturated heterocycles. The number of alkyl halides is 3. The van der Waals surface area contributed by atoms with Gasteiger partial charge in [0.05, 0.1) is 23.6 Å². The molecule has 0 saturated carbocycles. The second-order valence-corrected chi connectivity index (χ2v) is 13.0. The lowest BCUT2D eigenvalue weighted by Gasteiger charge is -2.35. The quantitative estimate of drug-likeness (QED) is 0.348. The standard InChI is InChI=1S/C30H33F3N2O5S/c1-29(2,3)24-25(34-18-20-17-21(30(31,32)33)15-16-23(20)40-4)26(19-11-7-5-8-12-19)35(27(24)28(36)37)41(38,39)22-13-9-6-10-14-22/h5-17,24-27,34H,18H2,1-4H3,(H,36,37)/t24-,25-,26-,27-/m0/s1. The molecule has 1 fully saturated rings. The number of ether oxygens (including phenoxy) is 1. The molecule has 4 atom stereocenters. The fraction of sp³-hybridized carbons (Fsp3) is 0.367. The Morgan fingerprint density at radius 3 is 2.07 bits per heavy atom. The molecular formula is C30H33F3N2O5S. The molecule has 11 heteroatoms. The van der Waals surface area contributed by atoms with Gasteiger partial charge in [-0.1, -0.05) is 69.3 Å². The lowest BCUT2D eigenvalue weighted by atomic mass is 9.72. The van der Waals surface area contributed by atoms with Crippen molar-refractivity contribution in [2.45, 2.75) is 56.5 Å². The topological polar surface area (TPSA) is 95.9 Å². The molecule has 1 heterocycles. The molecule has 0 aliphatic carbocycles. The van der Waals surface area contributed by atoms with Crippen molar-refractivity contribution >= 4 is 16.0 Å². The van der Waals surface area contributed by atoms with Crippen LogP contribution in [0.2, 0.25) is 0 Å². The van der Waals surface area contributed by atoms with E-state index >= 15 is 0 Å². The first-order valence-corrected chi connectivity index (χ1v) is 14.5. The van der Waals surface area contributed by atoms with Gasteiger partial charge >= 0.3 is 12.1 Å². The van der Waals surface area contributed by atoms with E-state index in [1.165, 1.54) is 25.3 Å². The summed E-state index contributed by atoms with van der Waals surface area (Å²) in [6, 6.07) is 16.2. The Bertz CT molecular complexity index is 1480. The number of nitrogens with one attached hydrogen (secondary N) is 1. The van der Waals surface area contributed by atoms with Crippen LogP contribution in [0.3, 0.4) is 0 Å². The normalized spacial score (nSPS) is 22.0. The molecule has 41 heavy (non-hydrogen) atoms. The number of halogens is 3. The van der Waals surface area contributed by atoms with Gasteiger partial charge in [0.1, 0.15) is 11.8 Å².